The van der Waals surface area contributed by atoms with Crippen LogP contribution in [-0.4, -0.2) is 26.6 Å². The molecule has 0 spiro atoms. The second-order valence-corrected chi connectivity index (χ2v) is 15.2. The van der Waals surface area contributed by atoms with Crippen molar-refractivity contribution in [2.45, 2.75) is 78.6 Å². The third-order valence-corrected chi connectivity index (χ3v) is 8.53. The third kappa shape index (κ3) is 4.99. The summed E-state index contributed by atoms with van der Waals surface area (Å²) in [6.07, 6.45) is 0. The molecule has 7 rings (SSSR count). The molecule has 2 aliphatic heterocycles. The predicted molar refractivity (Wildman–Crippen MR) is 182 cm³/mol. The molecule has 0 bridgehead atoms. The predicted octanol–water partition coefficient (Wildman–Crippen LogP) is 7.22. The molecule has 6 nitrogen and oxygen atoms in total. The molecular weight excluding hydrogens is 555 g/mol. The summed E-state index contributed by atoms with van der Waals surface area (Å²) in [5.41, 5.74) is 7.61. The summed E-state index contributed by atoms with van der Waals surface area (Å²) < 4.78 is 13.6. The van der Waals surface area contributed by atoms with E-state index in [0.717, 1.165) is 61.8 Å². The second-order valence-electron chi connectivity index (χ2n) is 15.2. The van der Waals surface area contributed by atoms with Crippen molar-refractivity contribution < 1.29 is 9.47 Å². The summed E-state index contributed by atoms with van der Waals surface area (Å²) in [4.78, 5) is 20.8. The van der Waals surface area contributed by atoms with Gasteiger partial charge in [0.15, 0.2) is 0 Å². The SMILES string of the molecule is CC(C)(C)c1nc2c3c(n1)Oc1c(C(C)(C)C)cc(-c4ccccc4)nc1B3c1nc(-c3ccccc3)cc(C(C)(C)C)c1O2. The summed E-state index contributed by atoms with van der Waals surface area (Å²) in [5, 5.41) is 0. The monoisotopic (exact) mass is 594 g/mol. The standard InChI is InChI=1S/C38H39BN4O2/c1-36(2,3)24-20-26(22-16-12-10-13-17-22)40-31-29(24)44-33-28-34(43-35(42-33)38(7,8)9)45-30-25(37(4,5)6)21-27(41-32(30)39(28)31)23-18-14-11-15-19-23/h10-21H,1-9H3. The molecule has 226 valence electrons. The van der Waals surface area contributed by atoms with Crippen molar-refractivity contribution in [1.29, 1.82) is 0 Å². The van der Waals surface area contributed by atoms with Crippen molar-refractivity contribution in [1.82, 2.24) is 19.9 Å². The van der Waals surface area contributed by atoms with Gasteiger partial charge in [0.1, 0.15) is 17.3 Å². The summed E-state index contributed by atoms with van der Waals surface area (Å²) in [7, 11) is 0. The van der Waals surface area contributed by atoms with Crippen LogP contribution in [0.2, 0.25) is 0 Å². The van der Waals surface area contributed by atoms with E-state index in [1.807, 2.05) is 36.4 Å². The lowest BCUT2D eigenvalue weighted by Crippen LogP contribution is -2.61. The number of ether oxygens (including phenoxy) is 2. The zero-order valence-electron chi connectivity index (χ0n) is 27.6. The Balaban J connectivity index is 1.60. The van der Waals surface area contributed by atoms with Crippen LogP contribution < -0.4 is 26.1 Å². The Labute approximate surface area is 266 Å². The lowest BCUT2D eigenvalue weighted by Gasteiger charge is -2.36. The molecule has 0 saturated carbocycles. The molecule has 0 aliphatic carbocycles. The topological polar surface area (TPSA) is 70.0 Å². The summed E-state index contributed by atoms with van der Waals surface area (Å²) >= 11 is 0. The van der Waals surface area contributed by atoms with Gasteiger partial charge in [0.25, 0.3) is 0 Å². The largest absolute Gasteiger partial charge is 0.438 e. The highest BCUT2D eigenvalue weighted by Gasteiger charge is 2.48. The minimum atomic E-state index is -0.383. The van der Waals surface area contributed by atoms with E-state index >= 15 is 0 Å². The fourth-order valence-corrected chi connectivity index (χ4v) is 6.10. The summed E-state index contributed by atoms with van der Waals surface area (Å²) in [5.74, 6) is 3.16. The normalized spacial score (nSPS) is 13.8. The maximum absolute atomic E-state index is 6.81. The number of benzene rings is 2. The maximum Gasteiger partial charge on any atom is 0.311 e. The van der Waals surface area contributed by atoms with Gasteiger partial charge in [-0.05, 0) is 23.0 Å². The first-order valence-corrected chi connectivity index (χ1v) is 15.7. The van der Waals surface area contributed by atoms with E-state index < -0.39 is 0 Å². The quantitative estimate of drug-likeness (QED) is 0.197. The fraction of sp³-hybridized carbons (Fsp3) is 0.316. The van der Waals surface area contributed by atoms with Crippen LogP contribution in [0.25, 0.3) is 22.5 Å². The Bertz CT molecular complexity index is 1820. The van der Waals surface area contributed by atoms with Gasteiger partial charge in [-0.1, -0.05) is 123 Å². The van der Waals surface area contributed by atoms with Gasteiger partial charge in [0.05, 0.1) is 28.0 Å². The second kappa shape index (κ2) is 10.00. The van der Waals surface area contributed by atoms with Crippen LogP contribution in [0.1, 0.15) is 79.3 Å². The van der Waals surface area contributed by atoms with Gasteiger partial charge in [-0.15, -0.1) is 0 Å². The van der Waals surface area contributed by atoms with Gasteiger partial charge < -0.3 is 9.47 Å². The van der Waals surface area contributed by atoms with E-state index in [1.54, 1.807) is 0 Å². The van der Waals surface area contributed by atoms with Crippen LogP contribution in [0.5, 0.6) is 23.3 Å². The third-order valence-electron chi connectivity index (χ3n) is 8.53. The van der Waals surface area contributed by atoms with E-state index in [4.69, 9.17) is 29.4 Å². The molecule has 0 unspecified atom stereocenters. The Kier molecular flexibility index (Phi) is 6.49. The van der Waals surface area contributed by atoms with Crippen molar-refractivity contribution in [3.05, 3.63) is 89.7 Å². The van der Waals surface area contributed by atoms with Crippen molar-refractivity contribution in [3.8, 4) is 45.8 Å². The fourth-order valence-electron chi connectivity index (χ4n) is 6.10. The first kappa shape index (κ1) is 29.2. The van der Waals surface area contributed by atoms with Crippen LogP contribution in [0.4, 0.5) is 0 Å². The molecule has 0 saturated heterocycles. The molecule has 7 heteroatoms. The van der Waals surface area contributed by atoms with Crippen LogP contribution in [0, 0.1) is 0 Å². The summed E-state index contributed by atoms with van der Waals surface area (Å²) in [6, 6.07) is 25.0. The molecule has 0 N–H and O–H groups in total. The van der Waals surface area contributed by atoms with Crippen molar-refractivity contribution in [2.24, 2.45) is 0 Å². The van der Waals surface area contributed by atoms with E-state index in [1.165, 1.54) is 0 Å². The maximum atomic E-state index is 6.81. The number of fused-ring (bicyclic) bond motifs is 4. The van der Waals surface area contributed by atoms with Gasteiger partial charge in [-0.3, -0.25) is 9.97 Å². The van der Waals surface area contributed by atoms with E-state index in [9.17, 15) is 0 Å². The number of aromatic nitrogens is 4. The van der Waals surface area contributed by atoms with Crippen LogP contribution in [-0.2, 0) is 16.2 Å². The Hall–Kier alpha value is -4.52. The number of pyridine rings is 2. The molecule has 3 aromatic heterocycles. The van der Waals surface area contributed by atoms with Gasteiger partial charge in [0.2, 0.25) is 11.8 Å². The average molecular weight is 595 g/mol. The van der Waals surface area contributed by atoms with Crippen molar-refractivity contribution in [2.75, 3.05) is 0 Å². The number of rotatable bonds is 2. The van der Waals surface area contributed by atoms with Gasteiger partial charge in [-0.25, -0.2) is 0 Å². The molecule has 0 fully saturated rings. The molecule has 0 atom stereocenters. The minimum Gasteiger partial charge on any atom is -0.438 e. The lowest BCUT2D eigenvalue weighted by molar-refractivity contribution is 0.402. The van der Waals surface area contributed by atoms with Crippen LogP contribution >= 0.6 is 0 Å². The molecule has 45 heavy (non-hydrogen) atoms. The zero-order valence-corrected chi connectivity index (χ0v) is 27.6. The Morgan fingerprint density at radius 2 is 0.911 bits per heavy atom. The number of hydrogen-bond donors (Lipinski definition) is 0. The zero-order chi connectivity index (χ0) is 31.9. The number of nitrogens with zero attached hydrogens (tertiary/aromatic N) is 4. The molecule has 2 aromatic carbocycles. The van der Waals surface area contributed by atoms with Crippen molar-refractivity contribution in [3.63, 3.8) is 0 Å². The minimum absolute atomic E-state index is 0.235. The molecule has 5 heterocycles. The molecule has 2 aliphatic rings. The van der Waals surface area contributed by atoms with Crippen LogP contribution in [0.3, 0.4) is 0 Å². The molecular formula is C38H39BN4O2. The molecule has 0 radical (unpaired) electrons. The highest BCUT2D eigenvalue weighted by molar-refractivity contribution is 6.97. The average Bonchev–Trinajstić information content (AvgIpc) is 2.99. The number of hydrogen-bond acceptors (Lipinski definition) is 6. The van der Waals surface area contributed by atoms with E-state index in [-0.39, 0.29) is 23.0 Å². The first-order valence-electron chi connectivity index (χ1n) is 15.7. The van der Waals surface area contributed by atoms with Crippen molar-refractivity contribution >= 4 is 23.4 Å². The first-order chi connectivity index (χ1) is 21.2. The lowest BCUT2D eigenvalue weighted by atomic mass is 9.38. The molecule has 0 amide bonds. The molecule has 5 aromatic rings. The van der Waals surface area contributed by atoms with Gasteiger partial charge in [-0.2, -0.15) is 9.97 Å². The van der Waals surface area contributed by atoms with Crippen LogP contribution in [0.15, 0.2) is 72.8 Å². The smallest absolute Gasteiger partial charge is 0.311 e. The highest BCUT2D eigenvalue weighted by Crippen LogP contribution is 2.42. The van der Waals surface area contributed by atoms with Gasteiger partial charge >= 0.3 is 6.71 Å². The van der Waals surface area contributed by atoms with E-state index in [2.05, 4.69) is 98.7 Å². The highest BCUT2D eigenvalue weighted by atomic mass is 16.5. The Morgan fingerprint density at radius 1 is 0.511 bits per heavy atom. The van der Waals surface area contributed by atoms with Gasteiger partial charge in [0, 0.05) is 27.7 Å². The summed E-state index contributed by atoms with van der Waals surface area (Å²) in [6.45, 7) is 19.2. The van der Waals surface area contributed by atoms with E-state index in [0.29, 0.717) is 17.6 Å². The Morgan fingerprint density at radius 3 is 1.27 bits per heavy atom.